The second kappa shape index (κ2) is 5.73. The minimum Gasteiger partial charge on any atom is -0.357 e. The molecule has 122 valence electrons. The van der Waals surface area contributed by atoms with E-state index in [9.17, 15) is 17.6 Å². The first-order valence-corrected chi connectivity index (χ1v) is 6.91. The van der Waals surface area contributed by atoms with Gasteiger partial charge in [0.15, 0.2) is 5.60 Å². The number of ether oxygens (including phenoxy) is 1. The number of nitrogens with zero attached hydrogens (tertiary/aromatic N) is 2. The number of alkyl halides is 2. The molecule has 3 rings (SSSR count). The van der Waals surface area contributed by atoms with E-state index in [4.69, 9.17) is 10.00 Å². The fraction of sp³-hybridized carbons (Fsp3) is 0.176. The predicted octanol–water partition coefficient (Wildman–Crippen LogP) is 3.91. The van der Waals surface area contributed by atoms with E-state index in [1.165, 1.54) is 24.4 Å². The van der Waals surface area contributed by atoms with E-state index in [1.54, 1.807) is 6.07 Å². The summed E-state index contributed by atoms with van der Waals surface area (Å²) in [6.07, 6.45) is 3.78. The van der Waals surface area contributed by atoms with Crippen LogP contribution in [-0.4, -0.2) is 11.6 Å². The summed E-state index contributed by atoms with van der Waals surface area (Å²) in [6, 6.07) is 6.62. The predicted molar refractivity (Wildman–Crippen MR) is 76.8 cm³/mol. The largest absolute Gasteiger partial charge is 0.357 e. The zero-order valence-corrected chi connectivity index (χ0v) is 12.1. The third kappa shape index (κ3) is 2.55. The normalized spacial score (nSPS) is 20.1. The maximum atomic E-state index is 14.8. The highest BCUT2D eigenvalue weighted by Crippen LogP contribution is 2.56. The maximum Gasteiger partial charge on any atom is 0.324 e. The van der Waals surface area contributed by atoms with E-state index in [0.717, 1.165) is 18.2 Å². The molecule has 0 N–H and O–H groups in total. The van der Waals surface area contributed by atoms with Crippen LogP contribution in [0, 0.1) is 23.0 Å². The molecule has 1 saturated heterocycles. The Balaban J connectivity index is 1.98. The molecule has 24 heavy (non-hydrogen) atoms. The molecule has 1 fully saturated rings. The topological polar surface area (TPSA) is 49.2 Å². The molecule has 1 aliphatic rings. The van der Waals surface area contributed by atoms with Gasteiger partial charge in [-0.15, -0.1) is 0 Å². The molecule has 2 aromatic rings. The van der Waals surface area contributed by atoms with Gasteiger partial charge in [0.2, 0.25) is 0 Å². The van der Waals surface area contributed by atoms with Crippen LogP contribution in [0.4, 0.5) is 17.6 Å². The summed E-state index contributed by atoms with van der Waals surface area (Å²) in [5.74, 6) is -5.56. The number of benzene rings is 1. The molecule has 1 aromatic heterocycles. The van der Waals surface area contributed by atoms with Crippen LogP contribution in [0.3, 0.4) is 0 Å². The third-order valence-corrected chi connectivity index (χ3v) is 3.76. The number of epoxide rings is 1. The molecule has 1 aromatic carbocycles. The highest BCUT2D eigenvalue weighted by atomic mass is 19.3. The molecule has 0 spiro atoms. The van der Waals surface area contributed by atoms with Crippen molar-refractivity contribution in [1.29, 1.82) is 5.26 Å². The standard InChI is InChI=1S/C17H10F4N2O/c18-12-4-5-13(14(19)8-12)16(10-24-16)17(20,21)15-6-3-11(9-23-15)2-1-7-22/h1-6,8-9H,10H2/b2-1+. The van der Waals surface area contributed by atoms with E-state index < -0.39 is 41.0 Å². The molecule has 0 radical (unpaired) electrons. The SMILES string of the molecule is N#C/C=C/c1ccc(C(F)(F)C2(c3ccc(F)cc3F)CO2)nc1. The lowest BCUT2D eigenvalue weighted by Gasteiger charge is -2.24. The fourth-order valence-electron chi connectivity index (χ4n) is 2.43. The Labute approximate surface area is 134 Å². The average molecular weight is 334 g/mol. The third-order valence-electron chi connectivity index (χ3n) is 3.76. The summed E-state index contributed by atoms with van der Waals surface area (Å²) in [5, 5.41) is 8.44. The van der Waals surface area contributed by atoms with Gasteiger partial charge in [-0.05, 0) is 29.8 Å². The van der Waals surface area contributed by atoms with Gasteiger partial charge >= 0.3 is 5.92 Å². The molecular formula is C17H10F4N2O. The summed E-state index contributed by atoms with van der Waals surface area (Å²) < 4.78 is 61.5. The molecular weight excluding hydrogens is 324 g/mol. The van der Waals surface area contributed by atoms with E-state index >= 15 is 0 Å². The second-order valence-electron chi connectivity index (χ2n) is 5.25. The lowest BCUT2D eigenvalue weighted by molar-refractivity contribution is -0.0901. The summed E-state index contributed by atoms with van der Waals surface area (Å²) in [5.41, 5.74) is -2.74. The zero-order valence-electron chi connectivity index (χ0n) is 12.1. The quantitative estimate of drug-likeness (QED) is 0.484. The van der Waals surface area contributed by atoms with Crippen molar-refractivity contribution in [3.8, 4) is 6.07 Å². The van der Waals surface area contributed by atoms with E-state index in [1.807, 2.05) is 0 Å². The molecule has 0 aliphatic carbocycles. The van der Waals surface area contributed by atoms with Crippen LogP contribution in [0.15, 0.2) is 42.6 Å². The van der Waals surface area contributed by atoms with Crippen LogP contribution in [0.2, 0.25) is 0 Å². The van der Waals surface area contributed by atoms with Crippen LogP contribution < -0.4 is 0 Å². The van der Waals surface area contributed by atoms with Crippen molar-refractivity contribution in [2.45, 2.75) is 11.5 Å². The van der Waals surface area contributed by atoms with Gasteiger partial charge < -0.3 is 4.74 Å². The molecule has 7 heteroatoms. The highest BCUT2D eigenvalue weighted by Gasteiger charge is 2.68. The van der Waals surface area contributed by atoms with Crippen molar-refractivity contribution < 1.29 is 22.3 Å². The molecule has 1 atom stereocenters. The van der Waals surface area contributed by atoms with Gasteiger partial charge in [-0.1, -0.05) is 6.07 Å². The molecule has 0 bridgehead atoms. The van der Waals surface area contributed by atoms with Gasteiger partial charge in [-0.3, -0.25) is 4.98 Å². The fourth-order valence-corrected chi connectivity index (χ4v) is 2.43. The minimum absolute atomic E-state index is 0.402. The van der Waals surface area contributed by atoms with E-state index in [-0.39, 0.29) is 0 Å². The smallest absolute Gasteiger partial charge is 0.324 e. The Hall–Kier alpha value is -2.72. The Morgan fingerprint density at radius 3 is 2.54 bits per heavy atom. The minimum atomic E-state index is -3.61. The van der Waals surface area contributed by atoms with Gasteiger partial charge in [0, 0.05) is 23.9 Å². The van der Waals surface area contributed by atoms with E-state index in [0.29, 0.717) is 11.6 Å². The number of hydrogen-bond donors (Lipinski definition) is 0. The molecule has 0 amide bonds. The van der Waals surface area contributed by atoms with Crippen LogP contribution in [0.5, 0.6) is 0 Å². The first kappa shape index (κ1) is 16.1. The van der Waals surface area contributed by atoms with Crippen LogP contribution in [0.25, 0.3) is 6.08 Å². The number of pyridine rings is 1. The lowest BCUT2D eigenvalue weighted by Crippen LogP contribution is -2.34. The lowest BCUT2D eigenvalue weighted by atomic mass is 9.90. The first-order chi connectivity index (χ1) is 11.4. The number of hydrogen-bond acceptors (Lipinski definition) is 3. The number of nitriles is 1. The second-order valence-corrected chi connectivity index (χ2v) is 5.25. The Kier molecular flexibility index (Phi) is 3.85. The number of halogens is 4. The summed E-state index contributed by atoms with van der Waals surface area (Å²) >= 11 is 0. The summed E-state index contributed by atoms with van der Waals surface area (Å²) in [6.45, 7) is -0.402. The summed E-state index contributed by atoms with van der Waals surface area (Å²) in [7, 11) is 0. The van der Waals surface area contributed by atoms with Crippen molar-refractivity contribution in [1.82, 2.24) is 4.98 Å². The van der Waals surface area contributed by atoms with Crippen LogP contribution in [0.1, 0.15) is 16.8 Å². The van der Waals surface area contributed by atoms with Crippen molar-refractivity contribution >= 4 is 6.08 Å². The van der Waals surface area contributed by atoms with Crippen molar-refractivity contribution in [3.63, 3.8) is 0 Å². The van der Waals surface area contributed by atoms with Gasteiger partial charge in [0.25, 0.3) is 0 Å². The number of rotatable bonds is 4. The highest BCUT2D eigenvalue weighted by molar-refractivity contribution is 5.51. The van der Waals surface area contributed by atoms with Crippen molar-refractivity contribution in [2.75, 3.05) is 6.61 Å². The summed E-state index contributed by atoms with van der Waals surface area (Å²) in [4.78, 5) is 3.70. The monoisotopic (exact) mass is 334 g/mol. The Morgan fingerprint density at radius 1 is 1.25 bits per heavy atom. The molecule has 1 aliphatic heterocycles. The van der Waals surface area contributed by atoms with Gasteiger partial charge in [-0.25, -0.2) is 8.78 Å². The molecule has 1 unspecified atom stereocenters. The Bertz CT molecular complexity index is 837. The zero-order chi connectivity index (χ0) is 17.4. The van der Waals surface area contributed by atoms with Gasteiger partial charge in [0.05, 0.1) is 12.7 Å². The van der Waals surface area contributed by atoms with Gasteiger partial charge in [0.1, 0.15) is 17.3 Å². The first-order valence-electron chi connectivity index (χ1n) is 6.91. The number of aromatic nitrogens is 1. The van der Waals surface area contributed by atoms with Crippen molar-refractivity contribution in [2.24, 2.45) is 0 Å². The maximum absolute atomic E-state index is 14.8. The number of allylic oxidation sites excluding steroid dienone is 1. The molecule has 0 saturated carbocycles. The Morgan fingerprint density at radius 2 is 2.00 bits per heavy atom. The molecule has 3 nitrogen and oxygen atoms in total. The van der Waals surface area contributed by atoms with Gasteiger partial charge in [-0.2, -0.15) is 14.0 Å². The molecule has 2 heterocycles. The average Bonchev–Trinajstić information content (AvgIpc) is 3.35. The van der Waals surface area contributed by atoms with Crippen LogP contribution >= 0.6 is 0 Å². The van der Waals surface area contributed by atoms with Crippen LogP contribution in [-0.2, 0) is 16.3 Å². The van der Waals surface area contributed by atoms with E-state index in [2.05, 4.69) is 4.98 Å². The van der Waals surface area contributed by atoms with Crippen molar-refractivity contribution in [3.05, 3.63) is 71.1 Å².